The molecule has 5 heteroatoms. The Morgan fingerprint density at radius 2 is 2.00 bits per heavy atom. The molecule has 2 aromatic heterocycles. The minimum Gasteiger partial charge on any atom is -0.298 e. The van der Waals surface area contributed by atoms with Crippen molar-refractivity contribution in [3.05, 3.63) is 59.5 Å². The fourth-order valence-corrected chi connectivity index (χ4v) is 4.00. The van der Waals surface area contributed by atoms with E-state index in [4.69, 9.17) is 0 Å². The van der Waals surface area contributed by atoms with Crippen molar-refractivity contribution in [2.75, 3.05) is 5.75 Å². The number of aromatic nitrogens is 3. The van der Waals surface area contributed by atoms with Crippen molar-refractivity contribution in [3.8, 4) is 10.7 Å². The fraction of sp³-hybridized carbons (Fsp3) is 0.222. The van der Waals surface area contributed by atoms with Crippen LogP contribution in [0, 0.1) is 0 Å². The van der Waals surface area contributed by atoms with Crippen molar-refractivity contribution < 1.29 is 0 Å². The highest BCUT2D eigenvalue weighted by atomic mass is 32.2. The van der Waals surface area contributed by atoms with Gasteiger partial charge in [0.1, 0.15) is 0 Å². The third-order valence-electron chi connectivity index (χ3n) is 3.74. The van der Waals surface area contributed by atoms with Crippen molar-refractivity contribution in [2.24, 2.45) is 0 Å². The van der Waals surface area contributed by atoms with Gasteiger partial charge in [-0.05, 0) is 29.9 Å². The highest BCUT2D eigenvalue weighted by Crippen LogP contribution is 2.41. The van der Waals surface area contributed by atoms with Crippen molar-refractivity contribution in [1.82, 2.24) is 14.8 Å². The average molecular weight is 339 g/mol. The molecule has 0 spiro atoms. The summed E-state index contributed by atoms with van der Waals surface area (Å²) < 4.78 is 2.33. The van der Waals surface area contributed by atoms with Crippen LogP contribution in [0.25, 0.3) is 16.8 Å². The van der Waals surface area contributed by atoms with E-state index in [0.29, 0.717) is 6.04 Å². The Balaban J connectivity index is 1.48. The normalized spacial score (nSPS) is 14.6. The summed E-state index contributed by atoms with van der Waals surface area (Å²) in [6, 6.07) is 15.2. The Kier molecular flexibility index (Phi) is 4.30. The van der Waals surface area contributed by atoms with Gasteiger partial charge in [-0.1, -0.05) is 60.3 Å². The van der Waals surface area contributed by atoms with E-state index in [2.05, 4.69) is 68.7 Å². The van der Waals surface area contributed by atoms with Crippen LogP contribution >= 0.6 is 23.1 Å². The summed E-state index contributed by atoms with van der Waals surface area (Å²) in [4.78, 5) is 1.20. The van der Waals surface area contributed by atoms with Crippen LogP contribution in [0.2, 0.25) is 0 Å². The second-order valence-electron chi connectivity index (χ2n) is 5.51. The van der Waals surface area contributed by atoms with Gasteiger partial charge in [-0.25, -0.2) is 0 Å². The molecule has 1 aromatic carbocycles. The molecule has 0 atom stereocenters. The van der Waals surface area contributed by atoms with Gasteiger partial charge in [-0.3, -0.25) is 4.57 Å². The molecule has 1 aliphatic carbocycles. The van der Waals surface area contributed by atoms with Crippen LogP contribution in [0.1, 0.15) is 24.4 Å². The Labute approximate surface area is 144 Å². The first-order valence-corrected chi connectivity index (χ1v) is 9.61. The topological polar surface area (TPSA) is 30.7 Å². The monoisotopic (exact) mass is 339 g/mol. The van der Waals surface area contributed by atoms with Gasteiger partial charge in [-0.2, -0.15) is 0 Å². The zero-order valence-electron chi connectivity index (χ0n) is 12.6. The van der Waals surface area contributed by atoms with Crippen LogP contribution in [0.4, 0.5) is 0 Å². The van der Waals surface area contributed by atoms with Gasteiger partial charge in [0.15, 0.2) is 11.0 Å². The lowest BCUT2D eigenvalue weighted by Gasteiger charge is -2.06. The van der Waals surface area contributed by atoms with E-state index < -0.39 is 0 Å². The smallest absolute Gasteiger partial charge is 0.192 e. The number of benzene rings is 1. The van der Waals surface area contributed by atoms with Crippen molar-refractivity contribution in [3.63, 3.8) is 0 Å². The Morgan fingerprint density at radius 1 is 1.13 bits per heavy atom. The van der Waals surface area contributed by atoms with Crippen LogP contribution in [0.3, 0.4) is 0 Å². The van der Waals surface area contributed by atoms with Crippen molar-refractivity contribution in [2.45, 2.75) is 24.0 Å². The molecular formula is C18H17N3S2. The zero-order chi connectivity index (χ0) is 15.5. The maximum Gasteiger partial charge on any atom is 0.192 e. The van der Waals surface area contributed by atoms with Gasteiger partial charge in [0.05, 0.1) is 4.88 Å². The molecule has 0 bridgehead atoms. The van der Waals surface area contributed by atoms with Gasteiger partial charge >= 0.3 is 0 Å². The number of nitrogens with zero attached hydrogens (tertiary/aromatic N) is 3. The molecule has 0 N–H and O–H groups in total. The molecule has 3 nitrogen and oxygen atoms in total. The first-order chi connectivity index (χ1) is 11.4. The Morgan fingerprint density at radius 3 is 2.74 bits per heavy atom. The fourth-order valence-electron chi connectivity index (χ4n) is 2.48. The summed E-state index contributed by atoms with van der Waals surface area (Å²) in [5.41, 5.74) is 1.23. The average Bonchev–Trinajstić information content (AvgIpc) is 3.11. The van der Waals surface area contributed by atoms with E-state index in [9.17, 15) is 0 Å². The third kappa shape index (κ3) is 3.41. The second kappa shape index (κ2) is 6.72. The highest BCUT2D eigenvalue weighted by Gasteiger charge is 2.30. The molecule has 1 aliphatic rings. The van der Waals surface area contributed by atoms with Gasteiger partial charge in [0.2, 0.25) is 0 Å². The van der Waals surface area contributed by atoms with Gasteiger partial charge in [-0.15, -0.1) is 21.5 Å². The molecule has 0 unspecified atom stereocenters. The predicted octanol–water partition coefficient (Wildman–Crippen LogP) is 5.15. The molecule has 1 fully saturated rings. The molecule has 116 valence electrons. The standard InChI is InChI=1S/C18H17N3S2/c1-2-6-14(7-3-1)8-4-13-23-18-20-19-17(16-9-5-12-22-16)21(18)15-10-11-15/h1-9,12,15H,10-11,13H2. The molecule has 3 aromatic rings. The maximum absolute atomic E-state index is 4.44. The minimum atomic E-state index is 0.586. The number of thiophene rings is 1. The number of thioether (sulfide) groups is 1. The van der Waals surface area contributed by atoms with E-state index in [1.165, 1.54) is 23.3 Å². The number of rotatable bonds is 6. The summed E-state index contributed by atoms with van der Waals surface area (Å²) in [5.74, 6) is 1.93. The SMILES string of the molecule is C(=Cc1ccccc1)CSc1nnc(-c2cccs2)n1C1CC1. The lowest BCUT2D eigenvalue weighted by molar-refractivity contribution is 0.670. The highest BCUT2D eigenvalue weighted by molar-refractivity contribution is 7.99. The quantitative estimate of drug-likeness (QED) is 0.582. The van der Waals surface area contributed by atoms with E-state index in [-0.39, 0.29) is 0 Å². The number of hydrogen-bond donors (Lipinski definition) is 0. The first kappa shape index (κ1) is 14.7. The zero-order valence-corrected chi connectivity index (χ0v) is 14.3. The van der Waals surface area contributed by atoms with E-state index in [0.717, 1.165) is 16.7 Å². The number of hydrogen-bond acceptors (Lipinski definition) is 4. The van der Waals surface area contributed by atoms with Crippen LogP contribution in [0.15, 0.2) is 59.1 Å². The molecule has 0 radical (unpaired) electrons. The van der Waals surface area contributed by atoms with Crippen LogP contribution in [-0.2, 0) is 0 Å². The lowest BCUT2D eigenvalue weighted by atomic mass is 10.2. The van der Waals surface area contributed by atoms with E-state index in [1.807, 2.05) is 6.07 Å². The summed E-state index contributed by atoms with van der Waals surface area (Å²) in [6.45, 7) is 0. The molecule has 0 aliphatic heterocycles. The van der Waals surface area contributed by atoms with Gasteiger partial charge in [0, 0.05) is 11.8 Å². The maximum atomic E-state index is 4.44. The summed E-state index contributed by atoms with van der Waals surface area (Å²) in [6.07, 6.45) is 6.83. The largest absolute Gasteiger partial charge is 0.298 e. The van der Waals surface area contributed by atoms with E-state index in [1.54, 1.807) is 23.1 Å². The van der Waals surface area contributed by atoms with Gasteiger partial charge < -0.3 is 0 Å². The van der Waals surface area contributed by atoms with Crippen LogP contribution in [0.5, 0.6) is 0 Å². The van der Waals surface area contributed by atoms with Crippen molar-refractivity contribution in [1.29, 1.82) is 0 Å². The second-order valence-corrected chi connectivity index (χ2v) is 7.44. The van der Waals surface area contributed by atoms with Crippen LogP contribution in [-0.4, -0.2) is 20.5 Å². The lowest BCUT2D eigenvalue weighted by Crippen LogP contribution is -1.98. The first-order valence-electron chi connectivity index (χ1n) is 7.75. The summed E-state index contributed by atoms with van der Waals surface area (Å²) in [7, 11) is 0. The third-order valence-corrected chi connectivity index (χ3v) is 5.50. The van der Waals surface area contributed by atoms with Crippen molar-refractivity contribution >= 4 is 29.2 Å². The molecule has 23 heavy (non-hydrogen) atoms. The molecule has 4 rings (SSSR count). The summed E-state index contributed by atoms with van der Waals surface area (Å²) >= 11 is 3.49. The minimum absolute atomic E-state index is 0.586. The Hall–Kier alpha value is -1.85. The molecule has 0 saturated heterocycles. The molecule has 2 heterocycles. The predicted molar refractivity (Wildman–Crippen MR) is 97.8 cm³/mol. The molecular weight excluding hydrogens is 322 g/mol. The molecule has 1 saturated carbocycles. The summed E-state index contributed by atoms with van der Waals surface area (Å²) in [5, 5.41) is 12.0. The van der Waals surface area contributed by atoms with E-state index >= 15 is 0 Å². The van der Waals surface area contributed by atoms with Crippen LogP contribution < -0.4 is 0 Å². The Bertz CT molecular complexity index is 787. The molecule has 0 amide bonds. The van der Waals surface area contributed by atoms with Gasteiger partial charge in [0.25, 0.3) is 0 Å².